The molecule has 0 aliphatic carbocycles. The Bertz CT molecular complexity index is 606. The molecular weight excluding hydrogens is 281 g/mol. The van der Waals surface area contributed by atoms with Crippen molar-refractivity contribution < 1.29 is 13.2 Å². The Balaban J connectivity index is 2.49. The summed E-state index contributed by atoms with van der Waals surface area (Å²) in [6.45, 7) is 1.92. The average molecular weight is 291 g/mol. The average Bonchev–Trinajstić information content (AvgIpc) is 2.69. The SMILES string of the molecule is Cc1c(CN)nnn1-c1ccc(C(F)(F)F)cc1Cl. The van der Waals surface area contributed by atoms with Gasteiger partial charge in [-0.25, -0.2) is 4.68 Å². The van der Waals surface area contributed by atoms with Crippen LogP contribution in [0.5, 0.6) is 0 Å². The summed E-state index contributed by atoms with van der Waals surface area (Å²) in [7, 11) is 0. The van der Waals surface area contributed by atoms with Gasteiger partial charge in [0, 0.05) is 6.54 Å². The molecule has 1 aromatic heterocycles. The summed E-state index contributed by atoms with van der Waals surface area (Å²) in [4.78, 5) is 0. The van der Waals surface area contributed by atoms with Crippen LogP contribution in [0, 0.1) is 6.92 Å². The summed E-state index contributed by atoms with van der Waals surface area (Å²) < 4.78 is 39.0. The molecule has 102 valence electrons. The molecule has 19 heavy (non-hydrogen) atoms. The molecule has 0 saturated heterocycles. The predicted octanol–water partition coefficient (Wildman–Crippen LogP) is 2.71. The first-order valence-corrected chi connectivity index (χ1v) is 5.70. The minimum absolute atomic E-state index is 0.0496. The first-order chi connectivity index (χ1) is 8.84. The van der Waals surface area contributed by atoms with Crippen LogP contribution in [-0.2, 0) is 12.7 Å². The number of halogens is 4. The number of alkyl halides is 3. The largest absolute Gasteiger partial charge is 0.416 e. The van der Waals surface area contributed by atoms with Crippen molar-refractivity contribution in [3.05, 3.63) is 40.2 Å². The number of benzene rings is 1. The Labute approximate surface area is 112 Å². The molecule has 8 heteroatoms. The van der Waals surface area contributed by atoms with E-state index in [-0.39, 0.29) is 11.6 Å². The summed E-state index contributed by atoms with van der Waals surface area (Å²) in [5.74, 6) is 0. The summed E-state index contributed by atoms with van der Waals surface area (Å²) in [6, 6.07) is 3.07. The van der Waals surface area contributed by atoms with Gasteiger partial charge in [-0.15, -0.1) is 5.10 Å². The Kier molecular flexibility index (Phi) is 3.51. The Hall–Kier alpha value is -1.60. The van der Waals surface area contributed by atoms with E-state index in [0.717, 1.165) is 12.1 Å². The van der Waals surface area contributed by atoms with Gasteiger partial charge in [0.1, 0.15) is 0 Å². The van der Waals surface area contributed by atoms with Crippen LogP contribution in [0.4, 0.5) is 13.2 Å². The number of hydrogen-bond acceptors (Lipinski definition) is 3. The van der Waals surface area contributed by atoms with Gasteiger partial charge >= 0.3 is 6.18 Å². The van der Waals surface area contributed by atoms with Gasteiger partial charge in [0.25, 0.3) is 0 Å². The van der Waals surface area contributed by atoms with Gasteiger partial charge in [0.2, 0.25) is 0 Å². The van der Waals surface area contributed by atoms with Gasteiger partial charge in [-0.1, -0.05) is 16.8 Å². The molecule has 0 aliphatic heterocycles. The van der Waals surface area contributed by atoms with Gasteiger partial charge < -0.3 is 5.73 Å². The predicted molar refractivity (Wildman–Crippen MR) is 64.0 cm³/mol. The lowest BCUT2D eigenvalue weighted by atomic mass is 10.2. The highest BCUT2D eigenvalue weighted by molar-refractivity contribution is 6.32. The number of nitrogens with two attached hydrogens (primary N) is 1. The zero-order chi connectivity index (χ0) is 14.2. The molecule has 0 unspecified atom stereocenters. The van der Waals surface area contributed by atoms with Crippen LogP contribution in [0.1, 0.15) is 17.0 Å². The van der Waals surface area contributed by atoms with E-state index in [4.69, 9.17) is 17.3 Å². The van der Waals surface area contributed by atoms with Crippen LogP contribution in [0.15, 0.2) is 18.2 Å². The molecule has 1 heterocycles. The second kappa shape index (κ2) is 4.82. The minimum atomic E-state index is -4.43. The van der Waals surface area contributed by atoms with E-state index in [9.17, 15) is 13.2 Å². The van der Waals surface area contributed by atoms with Crippen molar-refractivity contribution in [2.45, 2.75) is 19.6 Å². The maximum atomic E-state index is 12.5. The fourth-order valence-corrected chi connectivity index (χ4v) is 1.89. The van der Waals surface area contributed by atoms with E-state index in [1.54, 1.807) is 6.92 Å². The second-order valence-electron chi connectivity index (χ2n) is 3.90. The van der Waals surface area contributed by atoms with E-state index < -0.39 is 11.7 Å². The molecule has 0 saturated carbocycles. The Morgan fingerprint density at radius 3 is 2.53 bits per heavy atom. The molecule has 0 fully saturated rings. The number of rotatable bonds is 2. The molecule has 0 radical (unpaired) electrons. The van der Waals surface area contributed by atoms with E-state index in [0.29, 0.717) is 17.1 Å². The van der Waals surface area contributed by atoms with Gasteiger partial charge in [-0.3, -0.25) is 0 Å². The molecule has 0 amide bonds. The lowest BCUT2D eigenvalue weighted by Gasteiger charge is -2.10. The maximum absolute atomic E-state index is 12.5. The van der Waals surface area contributed by atoms with Gasteiger partial charge in [0.15, 0.2) is 0 Å². The molecule has 0 atom stereocenters. The number of hydrogen-bond donors (Lipinski definition) is 1. The molecular formula is C11H10ClF3N4. The number of nitrogens with zero attached hydrogens (tertiary/aromatic N) is 3. The van der Waals surface area contributed by atoms with Crippen molar-refractivity contribution >= 4 is 11.6 Å². The van der Waals surface area contributed by atoms with Crippen molar-refractivity contribution in [1.29, 1.82) is 0 Å². The monoisotopic (exact) mass is 290 g/mol. The van der Waals surface area contributed by atoms with Crippen molar-refractivity contribution in [2.75, 3.05) is 0 Å². The van der Waals surface area contributed by atoms with Crippen molar-refractivity contribution in [3.8, 4) is 5.69 Å². The van der Waals surface area contributed by atoms with E-state index >= 15 is 0 Å². The van der Waals surface area contributed by atoms with Crippen molar-refractivity contribution in [1.82, 2.24) is 15.0 Å². The highest BCUT2D eigenvalue weighted by Crippen LogP contribution is 2.33. The first kappa shape index (κ1) is 13.8. The van der Waals surface area contributed by atoms with Crippen LogP contribution in [0.2, 0.25) is 5.02 Å². The third kappa shape index (κ3) is 2.57. The van der Waals surface area contributed by atoms with E-state index in [1.165, 1.54) is 10.7 Å². The van der Waals surface area contributed by atoms with Crippen LogP contribution in [-0.4, -0.2) is 15.0 Å². The third-order valence-electron chi connectivity index (χ3n) is 2.69. The molecule has 2 rings (SSSR count). The van der Waals surface area contributed by atoms with Gasteiger partial charge in [0.05, 0.1) is 27.7 Å². The van der Waals surface area contributed by atoms with Gasteiger partial charge in [-0.2, -0.15) is 13.2 Å². The normalized spacial score (nSPS) is 11.9. The van der Waals surface area contributed by atoms with Crippen LogP contribution >= 0.6 is 11.6 Å². The third-order valence-corrected chi connectivity index (χ3v) is 2.99. The molecule has 2 N–H and O–H groups in total. The highest BCUT2D eigenvalue weighted by Gasteiger charge is 2.31. The Morgan fingerprint density at radius 1 is 1.37 bits per heavy atom. The van der Waals surface area contributed by atoms with Crippen molar-refractivity contribution in [2.24, 2.45) is 5.73 Å². The topological polar surface area (TPSA) is 56.7 Å². The Morgan fingerprint density at radius 2 is 2.05 bits per heavy atom. The summed E-state index contributed by atoms with van der Waals surface area (Å²) in [5, 5.41) is 7.61. The molecule has 0 aliphatic rings. The maximum Gasteiger partial charge on any atom is 0.416 e. The second-order valence-corrected chi connectivity index (χ2v) is 4.31. The van der Waals surface area contributed by atoms with Crippen LogP contribution in [0.3, 0.4) is 0 Å². The fraction of sp³-hybridized carbons (Fsp3) is 0.273. The molecule has 2 aromatic rings. The minimum Gasteiger partial charge on any atom is -0.325 e. The smallest absolute Gasteiger partial charge is 0.325 e. The molecule has 0 bridgehead atoms. The standard InChI is InChI=1S/C11H10ClF3N4/c1-6-9(5-16)17-18-19(6)10-3-2-7(4-8(10)12)11(13,14)15/h2-4H,5,16H2,1H3. The number of aromatic nitrogens is 3. The molecule has 4 nitrogen and oxygen atoms in total. The lowest BCUT2D eigenvalue weighted by molar-refractivity contribution is -0.137. The van der Waals surface area contributed by atoms with Gasteiger partial charge in [-0.05, 0) is 25.1 Å². The van der Waals surface area contributed by atoms with Crippen LogP contribution in [0.25, 0.3) is 5.69 Å². The quantitative estimate of drug-likeness (QED) is 0.925. The summed E-state index contributed by atoms with van der Waals surface area (Å²) in [5.41, 5.74) is 6.20. The van der Waals surface area contributed by atoms with E-state index in [2.05, 4.69) is 10.3 Å². The molecule has 1 aromatic carbocycles. The zero-order valence-electron chi connectivity index (χ0n) is 9.87. The first-order valence-electron chi connectivity index (χ1n) is 5.33. The highest BCUT2D eigenvalue weighted by atomic mass is 35.5. The van der Waals surface area contributed by atoms with Crippen LogP contribution < -0.4 is 5.73 Å². The zero-order valence-corrected chi connectivity index (χ0v) is 10.6. The summed E-state index contributed by atoms with van der Waals surface area (Å²) in [6.07, 6.45) is -4.43. The fourth-order valence-electron chi connectivity index (χ4n) is 1.63. The summed E-state index contributed by atoms with van der Waals surface area (Å²) >= 11 is 5.87. The lowest BCUT2D eigenvalue weighted by Crippen LogP contribution is -2.07. The van der Waals surface area contributed by atoms with Crippen molar-refractivity contribution in [3.63, 3.8) is 0 Å². The molecule has 0 spiro atoms. The van der Waals surface area contributed by atoms with E-state index in [1.807, 2.05) is 0 Å².